The lowest BCUT2D eigenvalue weighted by Crippen LogP contribution is -2.28. The van der Waals surface area contributed by atoms with Gasteiger partial charge in [-0.05, 0) is 47.9 Å². The molecular weight excluding hydrogens is 456 g/mol. The van der Waals surface area contributed by atoms with Crippen LogP contribution in [0, 0.1) is 6.92 Å². The van der Waals surface area contributed by atoms with Crippen molar-refractivity contribution in [1.82, 2.24) is 30.1 Å². The van der Waals surface area contributed by atoms with Crippen LogP contribution in [0.2, 0.25) is 0 Å². The maximum Gasteiger partial charge on any atom is 0.252 e. The van der Waals surface area contributed by atoms with Crippen LogP contribution in [0.25, 0.3) is 10.9 Å². The molecule has 9 heteroatoms. The Labute approximate surface area is 209 Å². The monoisotopic (exact) mass is 486 g/mol. The molecule has 0 radical (unpaired) electrons. The summed E-state index contributed by atoms with van der Waals surface area (Å²) in [5, 5.41) is 13.6. The van der Waals surface area contributed by atoms with Gasteiger partial charge in [0.15, 0.2) is 17.3 Å². The number of pyridine rings is 1. The number of aromatic amines is 1. The van der Waals surface area contributed by atoms with Crippen LogP contribution < -0.4 is 15.0 Å². The molecule has 0 spiro atoms. The Morgan fingerprint density at radius 2 is 1.75 bits per heavy atom. The second kappa shape index (κ2) is 9.73. The zero-order valence-corrected chi connectivity index (χ0v) is 20.4. The average molecular weight is 487 g/mol. The highest BCUT2D eigenvalue weighted by molar-refractivity contribution is 5.83. The number of benzene rings is 2. The van der Waals surface area contributed by atoms with Crippen LogP contribution in [-0.4, -0.2) is 43.3 Å². The predicted molar refractivity (Wildman–Crippen MR) is 135 cm³/mol. The maximum absolute atomic E-state index is 13.1. The van der Waals surface area contributed by atoms with E-state index in [1.807, 2.05) is 22.9 Å². The number of aryl methyl sites for hydroxylation is 1. The number of H-pyrrole nitrogens is 1. The van der Waals surface area contributed by atoms with E-state index < -0.39 is 0 Å². The summed E-state index contributed by atoms with van der Waals surface area (Å²) in [4.78, 5) is 18.4. The van der Waals surface area contributed by atoms with Gasteiger partial charge in [0.1, 0.15) is 13.2 Å². The van der Waals surface area contributed by atoms with Gasteiger partial charge in [-0.3, -0.25) is 9.69 Å². The summed E-state index contributed by atoms with van der Waals surface area (Å²) in [6, 6.07) is 14.6. The van der Waals surface area contributed by atoms with Gasteiger partial charge in [-0.1, -0.05) is 42.7 Å². The second-order valence-corrected chi connectivity index (χ2v) is 9.82. The Kier molecular flexibility index (Phi) is 6.14. The van der Waals surface area contributed by atoms with Gasteiger partial charge in [-0.2, -0.15) is 0 Å². The third-order valence-electron chi connectivity index (χ3n) is 7.10. The Morgan fingerprint density at radius 1 is 1.00 bits per heavy atom. The van der Waals surface area contributed by atoms with Crippen molar-refractivity contribution in [3.8, 4) is 11.5 Å². The summed E-state index contributed by atoms with van der Waals surface area (Å²) in [5.74, 6) is 2.21. The van der Waals surface area contributed by atoms with E-state index in [1.165, 1.54) is 24.0 Å². The van der Waals surface area contributed by atoms with E-state index >= 15 is 0 Å². The minimum Gasteiger partial charge on any atom is -0.486 e. The average Bonchev–Trinajstić information content (AvgIpc) is 3.57. The first-order valence-corrected chi connectivity index (χ1v) is 12.6. The largest absolute Gasteiger partial charge is 0.486 e. The van der Waals surface area contributed by atoms with E-state index in [0.717, 1.165) is 29.6 Å². The van der Waals surface area contributed by atoms with Gasteiger partial charge in [0.2, 0.25) is 0 Å². The maximum atomic E-state index is 13.1. The number of nitrogens with zero attached hydrogens (tertiary/aromatic N) is 5. The van der Waals surface area contributed by atoms with Gasteiger partial charge >= 0.3 is 0 Å². The molecule has 0 amide bonds. The molecule has 1 N–H and O–H groups in total. The van der Waals surface area contributed by atoms with Crippen molar-refractivity contribution in [2.45, 2.75) is 58.3 Å². The zero-order chi connectivity index (χ0) is 24.5. The molecule has 2 aromatic heterocycles. The van der Waals surface area contributed by atoms with E-state index in [2.05, 4.69) is 56.6 Å². The number of rotatable bonds is 7. The summed E-state index contributed by atoms with van der Waals surface area (Å²) < 4.78 is 13.4. The first kappa shape index (κ1) is 22.7. The first-order chi connectivity index (χ1) is 17.6. The number of nitrogens with one attached hydrogen (secondary N) is 1. The molecule has 1 fully saturated rings. The smallest absolute Gasteiger partial charge is 0.252 e. The molecule has 0 saturated heterocycles. The van der Waals surface area contributed by atoms with Crippen molar-refractivity contribution in [3.63, 3.8) is 0 Å². The van der Waals surface area contributed by atoms with Crippen LogP contribution >= 0.6 is 0 Å². The normalized spacial score (nSPS) is 15.7. The molecule has 4 aromatic rings. The Morgan fingerprint density at radius 3 is 2.53 bits per heavy atom. The molecule has 0 atom stereocenters. The second-order valence-electron chi connectivity index (χ2n) is 9.82. The van der Waals surface area contributed by atoms with Gasteiger partial charge in [-0.15, -0.1) is 5.10 Å². The van der Waals surface area contributed by atoms with Crippen molar-refractivity contribution in [3.05, 3.63) is 75.3 Å². The zero-order valence-electron chi connectivity index (χ0n) is 20.4. The molecule has 1 saturated carbocycles. The Hall–Kier alpha value is -3.72. The lowest BCUT2D eigenvalue weighted by molar-refractivity contribution is 0.172. The molecule has 6 rings (SSSR count). The van der Waals surface area contributed by atoms with Crippen LogP contribution in [0.1, 0.15) is 54.2 Å². The lowest BCUT2D eigenvalue weighted by atomic mass is 10.1. The van der Waals surface area contributed by atoms with E-state index in [9.17, 15) is 4.79 Å². The van der Waals surface area contributed by atoms with E-state index in [4.69, 9.17) is 9.47 Å². The van der Waals surface area contributed by atoms with Gasteiger partial charge in [0, 0.05) is 30.1 Å². The Bertz CT molecular complexity index is 1420. The molecule has 0 unspecified atom stereocenters. The highest BCUT2D eigenvalue weighted by atomic mass is 16.6. The summed E-state index contributed by atoms with van der Waals surface area (Å²) in [7, 11) is 0. The van der Waals surface area contributed by atoms with Crippen molar-refractivity contribution < 1.29 is 9.47 Å². The molecule has 186 valence electrons. The van der Waals surface area contributed by atoms with Crippen LogP contribution in [0.5, 0.6) is 11.5 Å². The number of hydrogen-bond donors (Lipinski definition) is 1. The SMILES string of the molecule is Cc1ccc(CN(Cc2cc3cc4c(cc3[nH]c2=O)OCCO4)Cc2nnnn2C2CCCC2)cc1. The van der Waals surface area contributed by atoms with Crippen LogP contribution in [0.4, 0.5) is 0 Å². The summed E-state index contributed by atoms with van der Waals surface area (Å²) in [6.07, 6.45) is 4.64. The number of ether oxygens (including phenoxy) is 2. The molecule has 2 aliphatic rings. The quantitative estimate of drug-likeness (QED) is 0.423. The minimum atomic E-state index is -0.108. The first-order valence-electron chi connectivity index (χ1n) is 12.6. The fraction of sp³-hybridized carbons (Fsp3) is 0.407. The van der Waals surface area contributed by atoms with Crippen molar-refractivity contribution in [2.24, 2.45) is 0 Å². The third-order valence-corrected chi connectivity index (χ3v) is 7.10. The predicted octanol–water partition coefficient (Wildman–Crippen LogP) is 3.91. The summed E-state index contributed by atoms with van der Waals surface area (Å²) in [6.45, 7) is 4.81. The molecule has 9 nitrogen and oxygen atoms in total. The minimum absolute atomic E-state index is 0.108. The van der Waals surface area contributed by atoms with Crippen LogP contribution in [0.3, 0.4) is 0 Å². The highest BCUT2D eigenvalue weighted by Gasteiger charge is 2.23. The molecule has 3 heterocycles. The standard InChI is InChI=1S/C27H30N6O3/c1-18-6-8-19(9-7-18)15-32(17-26-29-30-31-33(26)22-4-2-3-5-22)16-21-12-20-13-24-25(36-11-10-35-24)14-23(20)28-27(21)34/h6-9,12-14,22H,2-5,10-11,15-17H2,1H3,(H,28,34). The van der Waals surface area contributed by atoms with E-state index in [0.29, 0.717) is 56.0 Å². The van der Waals surface area contributed by atoms with Gasteiger partial charge in [-0.25, -0.2) is 4.68 Å². The van der Waals surface area contributed by atoms with Crippen molar-refractivity contribution in [2.75, 3.05) is 13.2 Å². The number of fused-ring (bicyclic) bond motifs is 2. The fourth-order valence-electron chi connectivity index (χ4n) is 5.21. The molecule has 1 aliphatic carbocycles. The summed E-state index contributed by atoms with van der Waals surface area (Å²) in [5.41, 5.74) is 3.71. The molecular formula is C27H30N6O3. The van der Waals surface area contributed by atoms with Gasteiger partial charge in [0.25, 0.3) is 5.56 Å². The van der Waals surface area contributed by atoms with Crippen molar-refractivity contribution >= 4 is 10.9 Å². The highest BCUT2D eigenvalue weighted by Crippen LogP contribution is 2.34. The van der Waals surface area contributed by atoms with E-state index in [-0.39, 0.29) is 5.56 Å². The number of aromatic nitrogens is 5. The Balaban J connectivity index is 1.32. The summed E-state index contributed by atoms with van der Waals surface area (Å²) >= 11 is 0. The number of tetrazole rings is 1. The lowest BCUT2D eigenvalue weighted by Gasteiger charge is -2.23. The molecule has 1 aliphatic heterocycles. The van der Waals surface area contributed by atoms with Crippen LogP contribution in [0.15, 0.2) is 47.3 Å². The van der Waals surface area contributed by atoms with Gasteiger partial charge in [0.05, 0.1) is 18.1 Å². The van der Waals surface area contributed by atoms with Gasteiger partial charge < -0.3 is 14.5 Å². The van der Waals surface area contributed by atoms with Crippen molar-refractivity contribution in [1.29, 1.82) is 0 Å². The van der Waals surface area contributed by atoms with Crippen LogP contribution in [-0.2, 0) is 19.6 Å². The molecule has 0 bridgehead atoms. The van der Waals surface area contributed by atoms with E-state index in [1.54, 1.807) is 0 Å². The topological polar surface area (TPSA) is 98.2 Å². The molecule has 2 aromatic carbocycles. The fourth-order valence-corrected chi connectivity index (χ4v) is 5.21. The number of hydrogen-bond acceptors (Lipinski definition) is 7. The molecule has 36 heavy (non-hydrogen) atoms. The third kappa shape index (κ3) is 4.70.